The van der Waals surface area contributed by atoms with Gasteiger partial charge in [0, 0.05) is 38.8 Å². The van der Waals surface area contributed by atoms with Crippen LogP contribution >= 0.6 is 0 Å². The molecule has 0 aromatic rings. The van der Waals surface area contributed by atoms with Crippen LogP contribution in [0.15, 0.2) is 0 Å². The maximum Gasteiger partial charge on any atom is 0.0113 e. The molecule has 1 saturated carbocycles. The SMILES string of the molecule is CCCC(C)N1CCN(CC2CCCCC2)CC1. The number of piperazine rings is 1. The Morgan fingerprint density at radius 1 is 1.00 bits per heavy atom. The van der Waals surface area contributed by atoms with Crippen molar-refractivity contribution in [1.29, 1.82) is 0 Å². The minimum absolute atomic E-state index is 0.798. The Labute approximate surface area is 114 Å². The van der Waals surface area contributed by atoms with E-state index < -0.39 is 0 Å². The standard InChI is InChI=1S/C16H32N2/c1-3-7-15(2)18-12-10-17(11-13-18)14-16-8-5-4-6-9-16/h15-16H,3-14H2,1-2H3. The second-order valence-corrected chi connectivity index (χ2v) is 6.48. The summed E-state index contributed by atoms with van der Waals surface area (Å²) in [7, 11) is 0. The molecule has 2 aliphatic rings. The van der Waals surface area contributed by atoms with E-state index in [1.165, 1.54) is 77.7 Å². The van der Waals surface area contributed by atoms with E-state index in [2.05, 4.69) is 23.6 Å². The first-order valence-electron chi connectivity index (χ1n) is 8.26. The van der Waals surface area contributed by atoms with Crippen LogP contribution in [0.2, 0.25) is 0 Å². The summed E-state index contributed by atoms with van der Waals surface area (Å²) in [6.45, 7) is 11.3. The summed E-state index contributed by atoms with van der Waals surface area (Å²) in [5, 5.41) is 0. The fraction of sp³-hybridized carbons (Fsp3) is 1.00. The summed E-state index contributed by atoms with van der Waals surface area (Å²) in [5.41, 5.74) is 0. The van der Waals surface area contributed by atoms with E-state index in [-0.39, 0.29) is 0 Å². The molecule has 2 heteroatoms. The Balaban J connectivity index is 1.66. The van der Waals surface area contributed by atoms with Crippen LogP contribution in [0.4, 0.5) is 0 Å². The lowest BCUT2D eigenvalue weighted by molar-refractivity contribution is 0.0830. The Morgan fingerprint density at radius 3 is 2.28 bits per heavy atom. The zero-order valence-electron chi connectivity index (χ0n) is 12.5. The lowest BCUT2D eigenvalue weighted by Crippen LogP contribution is -2.50. The molecule has 0 N–H and O–H groups in total. The average Bonchev–Trinajstić information content (AvgIpc) is 2.41. The van der Waals surface area contributed by atoms with Crippen molar-refractivity contribution in [3.63, 3.8) is 0 Å². The van der Waals surface area contributed by atoms with Gasteiger partial charge in [-0.25, -0.2) is 0 Å². The summed E-state index contributed by atoms with van der Waals surface area (Å²) in [4.78, 5) is 5.42. The smallest absolute Gasteiger partial charge is 0.0113 e. The van der Waals surface area contributed by atoms with Crippen LogP contribution in [0.25, 0.3) is 0 Å². The van der Waals surface area contributed by atoms with E-state index in [0.29, 0.717) is 0 Å². The molecule has 2 fully saturated rings. The summed E-state index contributed by atoms with van der Waals surface area (Å²) in [5.74, 6) is 1.01. The molecule has 2 nitrogen and oxygen atoms in total. The van der Waals surface area contributed by atoms with Crippen LogP contribution in [0.5, 0.6) is 0 Å². The van der Waals surface area contributed by atoms with Gasteiger partial charge in [0.2, 0.25) is 0 Å². The Kier molecular flexibility index (Phi) is 5.97. The van der Waals surface area contributed by atoms with Gasteiger partial charge >= 0.3 is 0 Å². The highest BCUT2D eigenvalue weighted by molar-refractivity contribution is 4.78. The third-order valence-electron chi connectivity index (χ3n) is 4.98. The van der Waals surface area contributed by atoms with Crippen molar-refractivity contribution < 1.29 is 0 Å². The van der Waals surface area contributed by atoms with Crippen molar-refractivity contribution in [2.75, 3.05) is 32.7 Å². The van der Waals surface area contributed by atoms with Gasteiger partial charge in [-0.15, -0.1) is 0 Å². The van der Waals surface area contributed by atoms with Gasteiger partial charge in [-0.05, 0) is 32.1 Å². The average molecular weight is 252 g/mol. The lowest BCUT2D eigenvalue weighted by atomic mass is 9.89. The third kappa shape index (κ3) is 4.24. The van der Waals surface area contributed by atoms with Crippen LogP contribution in [-0.4, -0.2) is 48.6 Å². The molecule has 18 heavy (non-hydrogen) atoms. The second-order valence-electron chi connectivity index (χ2n) is 6.48. The number of hydrogen-bond acceptors (Lipinski definition) is 2. The van der Waals surface area contributed by atoms with Gasteiger partial charge in [0.1, 0.15) is 0 Å². The van der Waals surface area contributed by atoms with Crippen molar-refractivity contribution in [1.82, 2.24) is 9.80 Å². The normalized spacial score (nSPS) is 26.3. The first kappa shape index (κ1) is 14.3. The van der Waals surface area contributed by atoms with Crippen molar-refractivity contribution in [3.05, 3.63) is 0 Å². The second kappa shape index (κ2) is 7.49. The zero-order chi connectivity index (χ0) is 12.8. The Bertz CT molecular complexity index is 215. The highest BCUT2D eigenvalue weighted by Crippen LogP contribution is 2.24. The molecule has 1 unspecified atom stereocenters. The Morgan fingerprint density at radius 2 is 1.67 bits per heavy atom. The molecule has 0 radical (unpaired) electrons. The van der Waals surface area contributed by atoms with Crippen molar-refractivity contribution >= 4 is 0 Å². The molecule has 1 saturated heterocycles. The maximum absolute atomic E-state index is 2.73. The van der Waals surface area contributed by atoms with Crippen molar-refractivity contribution in [3.8, 4) is 0 Å². The van der Waals surface area contributed by atoms with E-state index >= 15 is 0 Å². The summed E-state index contributed by atoms with van der Waals surface area (Å²) < 4.78 is 0. The predicted octanol–water partition coefficient (Wildman–Crippen LogP) is 3.37. The van der Waals surface area contributed by atoms with Crippen molar-refractivity contribution in [2.24, 2.45) is 5.92 Å². The molecule has 106 valence electrons. The molecule has 0 amide bonds. The van der Waals surface area contributed by atoms with E-state index in [0.717, 1.165) is 12.0 Å². The minimum atomic E-state index is 0.798. The van der Waals surface area contributed by atoms with Gasteiger partial charge in [0.15, 0.2) is 0 Å². The van der Waals surface area contributed by atoms with E-state index in [4.69, 9.17) is 0 Å². The first-order valence-corrected chi connectivity index (χ1v) is 8.26. The van der Waals surface area contributed by atoms with Gasteiger partial charge in [-0.1, -0.05) is 32.6 Å². The minimum Gasteiger partial charge on any atom is -0.301 e. The lowest BCUT2D eigenvalue weighted by Gasteiger charge is -2.39. The van der Waals surface area contributed by atoms with Crippen LogP contribution < -0.4 is 0 Å². The highest BCUT2D eigenvalue weighted by Gasteiger charge is 2.23. The fourth-order valence-electron chi connectivity index (χ4n) is 3.72. The summed E-state index contributed by atoms with van der Waals surface area (Å²) >= 11 is 0. The van der Waals surface area contributed by atoms with Gasteiger partial charge in [0.05, 0.1) is 0 Å². The molecule has 0 spiro atoms. The van der Waals surface area contributed by atoms with Gasteiger partial charge in [0.25, 0.3) is 0 Å². The molecule has 1 aliphatic heterocycles. The maximum atomic E-state index is 2.73. The summed E-state index contributed by atoms with van der Waals surface area (Å²) in [6.07, 6.45) is 10.1. The van der Waals surface area contributed by atoms with E-state index in [1.807, 2.05) is 0 Å². The zero-order valence-corrected chi connectivity index (χ0v) is 12.5. The third-order valence-corrected chi connectivity index (χ3v) is 4.98. The van der Waals surface area contributed by atoms with Crippen LogP contribution in [0.3, 0.4) is 0 Å². The quantitative estimate of drug-likeness (QED) is 0.740. The van der Waals surface area contributed by atoms with Crippen LogP contribution in [0, 0.1) is 5.92 Å². The van der Waals surface area contributed by atoms with E-state index in [9.17, 15) is 0 Å². The van der Waals surface area contributed by atoms with Crippen LogP contribution in [0.1, 0.15) is 58.8 Å². The number of hydrogen-bond donors (Lipinski definition) is 0. The highest BCUT2D eigenvalue weighted by atomic mass is 15.3. The molecule has 2 rings (SSSR count). The van der Waals surface area contributed by atoms with Crippen molar-refractivity contribution in [2.45, 2.75) is 64.8 Å². The van der Waals surface area contributed by atoms with E-state index in [1.54, 1.807) is 0 Å². The molecule has 1 atom stereocenters. The molecule has 0 bridgehead atoms. The molecular weight excluding hydrogens is 220 g/mol. The van der Waals surface area contributed by atoms with Gasteiger partial charge in [-0.2, -0.15) is 0 Å². The van der Waals surface area contributed by atoms with Gasteiger partial charge in [-0.3, -0.25) is 4.90 Å². The largest absolute Gasteiger partial charge is 0.301 e. The molecule has 0 aromatic heterocycles. The monoisotopic (exact) mass is 252 g/mol. The molecular formula is C16H32N2. The van der Waals surface area contributed by atoms with Crippen LogP contribution in [-0.2, 0) is 0 Å². The van der Waals surface area contributed by atoms with Gasteiger partial charge < -0.3 is 4.90 Å². The fourth-order valence-corrected chi connectivity index (χ4v) is 3.72. The Hall–Kier alpha value is -0.0800. The molecule has 1 heterocycles. The topological polar surface area (TPSA) is 6.48 Å². The summed E-state index contributed by atoms with van der Waals surface area (Å²) in [6, 6.07) is 0.798. The first-order chi connectivity index (χ1) is 8.79. The molecule has 0 aromatic carbocycles. The number of nitrogens with zero attached hydrogens (tertiary/aromatic N) is 2. The predicted molar refractivity (Wildman–Crippen MR) is 79.0 cm³/mol. The number of rotatable bonds is 5. The molecule has 1 aliphatic carbocycles.